The van der Waals surface area contributed by atoms with Gasteiger partial charge in [-0.25, -0.2) is 8.42 Å². The second-order valence-corrected chi connectivity index (χ2v) is 9.45. The van der Waals surface area contributed by atoms with Crippen molar-refractivity contribution < 1.29 is 8.42 Å². The molecule has 0 bridgehead atoms. The Morgan fingerprint density at radius 3 is 2.61 bits per heavy atom. The number of hydrogen-bond acceptors (Lipinski definition) is 5. The summed E-state index contributed by atoms with van der Waals surface area (Å²) >= 11 is 1.88. The summed E-state index contributed by atoms with van der Waals surface area (Å²) < 4.78 is 28.3. The van der Waals surface area contributed by atoms with Crippen LogP contribution in [0.25, 0.3) is 0 Å². The molecule has 0 amide bonds. The van der Waals surface area contributed by atoms with Gasteiger partial charge in [0.15, 0.2) is 0 Å². The van der Waals surface area contributed by atoms with Crippen LogP contribution in [0.1, 0.15) is 30.7 Å². The van der Waals surface area contributed by atoms with Crippen LogP contribution in [0.15, 0.2) is 4.90 Å². The predicted octanol–water partition coefficient (Wildman–Crippen LogP) is 1.62. The summed E-state index contributed by atoms with van der Waals surface area (Å²) in [6.45, 7) is 7.20. The smallest absolute Gasteiger partial charge is 0.247 e. The minimum Gasteiger partial charge on any atom is -0.302 e. The Morgan fingerprint density at radius 1 is 1.22 bits per heavy atom. The largest absolute Gasteiger partial charge is 0.302 e. The SMILES string of the molecule is Cc1n[nH]c(C)c1S(=O)(=O)N1CCCSCC1CN1CCCC1. The van der Waals surface area contributed by atoms with Crippen molar-refractivity contribution in [2.75, 3.05) is 37.7 Å². The van der Waals surface area contributed by atoms with Gasteiger partial charge in [0, 0.05) is 24.9 Å². The van der Waals surface area contributed by atoms with Gasteiger partial charge in [-0.3, -0.25) is 5.10 Å². The van der Waals surface area contributed by atoms with E-state index in [4.69, 9.17) is 0 Å². The fourth-order valence-electron chi connectivity index (χ4n) is 3.57. The summed E-state index contributed by atoms with van der Waals surface area (Å²) in [6.07, 6.45) is 3.37. The highest BCUT2D eigenvalue weighted by Crippen LogP contribution is 2.28. The fourth-order valence-corrected chi connectivity index (χ4v) is 6.71. The quantitative estimate of drug-likeness (QED) is 0.886. The second-order valence-electron chi connectivity index (χ2n) is 6.47. The first-order chi connectivity index (χ1) is 11.0. The Labute approximate surface area is 143 Å². The lowest BCUT2D eigenvalue weighted by Crippen LogP contribution is -2.47. The Kier molecular flexibility index (Phi) is 5.35. The highest BCUT2D eigenvalue weighted by Gasteiger charge is 2.36. The van der Waals surface area contributed by atoms with Crippen LogP contribution < -0.4 is 0 Å². The zero-order valence-electron chi connectivity index (χ0n) is 13.9. The molecule has 2 aliphatic heterocycles. The van der Waals surface area contributed by atoms with E-state index in [0.717, 1.165) is 37.6 Å². The molecule has 0 aromatic carbocycles. The van der Waals surface area contributed by atoms with E-state index in [1.54, 1.807) is 18.2 Å². The molecule has 0 aliphatic carbocycles. The van der Waals surface area contributed by atoms with E-state index in [1.165, 1.54) is 12.8 Å². The molecule has 2 aliphatic rings. The maximum Gasteiger partial charge on any atom is 0.247 e. The minimum absolute atomic E-state index is 0.0549. The van der Waals surface area contributed by atoms with Crippen molar-refractivity contribution in [3.63, 3.8) is 0 Å². The number of rotatable bonds is 4. The minimum atomic E-state index is -3.49. The number of thioether (sulfide) groups is 1. The van der Waals surface area contributed by atoms with Crippen LogP contribution in [0.2, 0.25) is 0 Å². The summed E-state index contributed by atoms with van der Waals surface area (Å²) in [5.74, 6) is 1.91. The molecule has 0 radical (unpaired) electrons. The van der Waals surface area contributed by atoms with E-state index in [-0.39, 0.29) is 6.04 Å². The summed E-state index contributed by atoms with van der Waals surface area (Å²) in [7, 11) is -3.49. The third-order valence-electron chi connectivity index (χ3n) is 4.68. The van der Waals surface area contributed by atoms with E-state index in [0.29, 0.717) is 22.8 Å². The van der Waals surface area contributed by atoms with Crippen LogP contribution in [-0.2, 0) is 10.0 Å². The maximum absolute atomic E-state index is 13.3. The van der Waals surface area contributed by atoms with Gasteiger partial charge in [-0.05, 0) is 52.0 Å². The topological polar surface area (TPSA) is 69.3 Å². The van der Waals surface area contributed by atoms with Crippen molar-refractivity contribution in [3.05, 3.63) is 11.4 Å². The summed E-state index contributed by atoms with van der Waals surface area (Å²) in [4.78, 5) is 2.78. The average Bonchev–Trinajstić information content (AvgIpc) is 3.04. The number of aromatic amines is 1. The number of nitrogens with one attached hydrogen (secondary N) is 1. The molecule has 0 saturated carbocycles. The molecule has 1 aromatic heterocycles. The van der Waals surface area contributed by atoms with Gasteiger partial charge in [0.2, 0.25) is 10.0 Å². The van der Waals surface area contributed by atoms with Gasteiger partial charge in [0.05, 0.1) is 11.4 Å². The Morgan fingerprint density at radius 2 is 1.96 bits per heavy atom. The summed E-state index contributed by atoms with van der Waals surface area (Å²) in [5, 5.41) is 6.90. The number of likely N-dealkylation sites (tertiary alicyclic amines) is 1. The van der Waals surface area contributed by atoms with Crippen molar-refractivity contribution in [2.24, 2.45) is 0 Å². The predicted molar refractivity (Wildman–Crippen MR) is 93.4 cm³/mol. The highest BCUT2D eigenvalue weighted by atomic mass is 32.2. The molecule has 1 atom stereocenters. The molecule has 1 N–H and O–H groups in total. The molecule has 2 saturated heterocycles. The monoisotopic (exact) mass is 358 g/mol. The van der Waals surface area contributed by atoms with Crippen molar-refractivity contribution in [1.82, 2.24) is 19.4 Å². The van der Waals surface area contributed by atoms with E-state index in [1.807, 2.05) is 11.8 Å². The van der Waals surface area contributed by atoms with Gasteiger partial charge in [-0.15, -0.1) is 0 Å². The normalized spacial score (nSPS) is 24.9. The van der Waals surface area contributed by atoms with Crippen LogP contribution in [-0.4, -0.2) is 71.5 Å². The van der Waals surface area contributed by atoms with Gasteiger partial charge < -0.3 is 4.90 Å². The van der Waals surface area contributed by atoms with Crippen molar-refractivity contribution >= 4 is 21.8 Å². The molecular formula is C15H26N4O2S2. The van der Waals surface area contributed by atoms with Crippen LogP contribution in [0.5, 0.6) is 0 Å². The number of nitrogens with zero attached hydrogens (tertiary/aromatic N) is 3. The van der Waals surface area contributed by atoms with Crippen LogP contribution >= 0.6 is 11.8 Å². The Balaban J connectivity index is 1.89. The van der Waals surface area contributed by atoms with Crippen LogP contribution in [0, 0.1) is 13.8 Å². The van der Waals surface area contributed by atoms with E-state index < -0.39 is 10.0 Å². The highest BCUT2D eigenvalue weighted by molar-refractivity contribution is 7.99. The lowest BCUT2D eigenvalue weighted by molar-refractivity contribution is 0.243. The molecule has 3 rings (SSSR count). The molecular weight excluding hydrogens is 332 g/mol. The van der Waals surface area contributed by atoms with Crippen molar-refractivity contribution in [1.29, 1.82) is 0 Å². The Bertz CT molecular complexity index is 618. The van der Waals surface area contributed by atoms with Gasteiger partial charge in [-0.1, -0.05) is 0 Å². The first kappa shape index (κ1) is 17.3. The number of hydrogen-bond donors (Lipinski definition) is 1. The first-order valence-corrected chi connectivity index (χ1v) is 10.9. The third-order valence-corrected chi connectivity index (χ3v) is 8.09. The molecule has 8 heteroatoms. The lowest BCUT2D eigenvalue weighted by Gasteiger charge is -2.31. The molecule has 2 fully saturated rings. The van der Waals surface area contributed by atoms with Crippen molar-refractivity contribution in [3.8, 4) is 0 Å². The molecule has 6 nitrogen and oxygen atoms in total. The first-order valence-electron chi connectivity index (χ1n) is 8.33. The molecule has 130 valence electrons. The van der Waals surface area contributed by atoms with Crippen LogP contribution in [0.4, 0.5) is 0 Å². The molecule has 3 heterocycles. The summed E-state index contributed by atoms with van der Waals surface area (Å²) in [5.41, 5.74) is 1.21. The van der Waals surface area contributed by atoms with Gasteiger partial charge in [0.1, 0.15) is 4.90 Å². The lowest BCUT2D eigenvalue weighted by atomic mass is 10.3. The third kappa shape index (κ3) is 3.60. The molecule has 1 aromatic rings. The standard InChI is InChI=1S/C15H26N4O2S2/c1-12-15(13(2)17-16-12)23(20,21)19-8-5-9-22-11-14(19)10-18-6-3-4-7-18/h14H,3-11H2,1-2H3,(H,16,17). The van der Waals surface area contributed by atoms with E-state index >= 15 is 0 Å². The maximum atomic E-state index is 13.3. The fraction of sp³-hybridized carbons (Fsp3) is 0.800. The number of H-pyrrole nitrogens is 1. The average molecular weight is 359 g/mol. The molecule has 1 unspecified atom stereocenters. The van der Waals surface area contributed by atoms with Gasteiger partial charge in [-0.2, -0.15) is 21.2 Å². The second kappa shape index (κ2) is 7.13. The number of aryl methyl sites for hydroxylation is 2. The molecule has 0 spiro atoms. The van der Waals surface area contributed by atoms with E-state index in [9.17, 15) is 8.42 Å². The van der Waals surface area contributed by atoms with Gasteiger partial charge >= 0.3 is 0 Å². The van der Waals surface area contributed by atoms with Crippen LogP contribution in [0.3, 0.4) is 0 Å². The Hall–Kier alpha value is -0.570. The number of sulfonamides is 1. The van der Waals surface area contributed by atoms with Gasteiger partial charge in [0.25, 0.3) is 0 Å². The summed E-state index contributed by atoms with van der Waals surface area (Å²) in [6, 6.07) is 0.0549. The zero-order chi connectivity index (χ0) is 16.4. The number of aromatic nitrogens is 2. The molecule has 23 heavy (non-hydrogen) atoms. The zero-order valence-corrected chi connectivity index (χ0v) is 15.5. The van der Waals surface area contributed by atoms with E-state index in [2.05, 4.69) is 15.1 Å². The van der Waals surface area contributed by atoms with Crippen molar-refractivity contribution in [2.45, 2.75) is 44.0 Å².